The Balaban J connectivity index is 1.45. The third-order valence-corrected chi connectivity index (χ3v) is 8.14. The zero-order chi connectivity index (χ0) is 28.8. The second kappa shape index (κ2) is 12.9. The van der Waals surface area contributed by atoms with Gasteiger partial charge in [-0.15, -0.1) is 0 Å². The number of carbonyl (C=O) groups excluding carboxylic acids is 2. The van der Waals surface area contributed by atoms with E-state index in [9.17, 15) is 9.59 Å². The quantitative estimate of drug-likeness (QED) is 0.276. The van der Waals surface area contributed by atoms with Crippen LogP contribution in [0.5, 0.6) is 5.75 Å². The smallest absolute Gasteiger partial charge is 0.338 e. The maximum atomic E-state index is 14.0. The Morgan fingerprint density at radius 3 is 2.27 bits per heavy atom. The van der Waals surface area contributed by atoms with Gasteiger partial charge in [0.2, 0.25) is 5.91 Å². The van der Waals surface area contributed by atoms with E-state index in [1.165, 1.54) is 24.4 Å². The highest BCUT2D eigenvalue weighted by atomic mass is 32.2. The Kier molecular flexibility index (Phi) is 8.89. The lowest BCUT2D eigenvalue weighted by molar-refractivity contribution is -0.136. The summed E-state index contributed by atoms with van der Waals surface area (Å²) in [6.45, 7) is 2.91. The molecular formula is C33H33N3O4S. The number of hydrogen-bond donors (Lipinski definition) is 0. The van der Waals surface area contributed by atoms with Crippen molar-refractivity contribution in [1.82, 2.24) is 9.80 Å². The van der Waals surface area contributed by atoms with Crippen molar-refractivity contribution < 1.29 is 19.1 Å². The number of aliphatic imine (C=N–C) groups is 1. The van der Waals surface area contributed by atoms with Crippen LogP contribution in [-0.4, -0.2) is 47.6 Å². The fourth-order valence-corrected chi connectivity index (χ4v) is 6.16. The number of ether oxygens (including phenoxy) is 2. The normalized spacial score (nSPS) is 16.1. The molecule has 0 aliphatic carbocycles. The number of benzene rings is 3. The molecule has 0 saturated carbocycles. The summed E-state index contributed by atoms with van der Waals surface area (Å²) in [5.74, 6) is 0.184. The molecule has 3 aromatic rings. The lowest BCUT2D eigenvalue weighted by Gasteiger charge is -2.37. The number of methoxy groups -OCH3 is 2. The van der Waals surface area contributed by atoms with Gasteiger partial charge in [0, 0.05) is 24.4 Å². The number of carbonyl (C=O) groups is 2. The number of hydrogen-bond acceptors (Lipinski definition) is 7. The summed E-state index contributed by atoms with van der Waals surface area (Å²) in [7, 11) is 2.98. The summed E-state index contributed by atoms with van der Waals surface area (Å²) in [4.78, 5) is 35.7. The van der Waals surface area contributed by atoms with Crippen LogP contribution in [0.1, 0.15) is 36.1 Å². The van der Waals surface area contributed by atoms with E-state index < -0.39 is 12.0 Å². The Hall–Kier alpha value is -4.30. The molecule has 2 heterocycles. The number of amides is 1. The molecule has 210 valence electrons. The summed E-state index contributed by atoms with van der Waals surface area (Å²) in [5.41, 5.74) is 4.84. The molecule has 7 nitrogen and oxygen atoms in total. The molecule has 0 spiro atoms. The van der Waals surface area contributed by atoms with E-state index in [2.05, 4.69) is 12.1 Å². The fourth-order valence-electron chi connectivity index (χ4n) is 5.20. The van der Waals surface area contributed by atoms with E-state index in [4.69, 9.17) is 14.5 Å². The molecule has 2 aliphatic heterocycles. The fraction of sp³-hybridized carbons (Fsp3) is 0.242. The standard InChI is InChI=1S/C33H33N3O4S/c1-23-30(32(38)40-3)31(27-16-10-11-17-28(27)39-2)36-26(22-41-33(36)34-23)20-29(37)35(21-25-14-8-5-9-15-25)19-18-24-12-6-4-7-13-24/h4-17,22,31H,18-21H2,1-3H3. The van der Waals surface area contributed by atoms with E-state index in [-0.39, 0.29) is 12.3 Å². The largest absolute Gasteiger partial charge is 0.496 e. The minimum atomic E-state index is -0.549. The lowest BCUT2D eigenvalue weighted by Crippen LogP contribution is -2.39. The molecule has 8 heteroatoms. The van der Waals surface area contributed by atoms with Crippen molar-refractivity contribution in [3.63, 3.8) is 0 Å². The van der Waals surface area contributed by atoms with Gasteiger partial charge in [-0.2, -0.15) is 0 Å². The van der Waals surface area contributed by atoms with Crippen LogP contribution in [0.3, 0.4) is 0 Å². The van der Waals surface area contributed by atoms with Crippen LogP contribution >= 0.6 is 11.8 Å². The van der Waals surface area contributed by atoms with E-state index in [0.717, 1.165) is 23.2 Å². The number of para-hydroxylation sites is 1. The van der Waals surface area contributed by atoms with E-state index in [0.29, 0.717) is 35.3 Å². The molecule has 41 heavy (non-hydrogen) atoms. The van der Waals surface area contributed by atoms with Crippen LogP contribution in [0, 0.1) is 0 Å². The summed E-state index contributed by atoms with van der Waals surface area (Å²) in [6.07, 6.45) is 0.911. The summed E-state index contributed by atoms with van der Waals surface area (Å²) in [5, 5.41) is 2.68. The minimum absolute atomic E-state index is 0.00236. The molecule has 5 rings (SSSR count). The molecule has 1 amide bonds. The monoisotopic (exact) mass is 567 g/mol. The van der Waals surface area contributed by atoms with Gasteiger partial charge in [-0.3, -0.25) is 4.79 Å². The van der Waals surface area contributed by atoms with E-state index in [1.807, 2.05) is 94.9 Å². The van der Waals surface area contributed by atoms with Crippen molar-refractivity contribution in [1.29, 1.82) is 0 Å². The van der Waals surface area contributed by atoms with Gasteiger partial charge in [0.25, 0.3) is 0 Å². The highest BCUT2D eigenvalue weighted by Crippen LogP contribution is 2.47. The van der Waals surface area contributed by atoms with Gasteiger partial charge >= 0.3 is 5.97 Å². The zero-order valence-corrected chi connectivity index (χ0v) is 24.3. The van der Waals surface area contributed by atoms with Crippen LogP contribution in [0.4, 0.5) is 0 Å². The van der Waals surface area contributed by atoms with Crippen molar-refractivity contribution in [3.05, 3.63) is 124 Å². The van der Waals surface area contributed by atoms with Crippen molar-refractivity contribution >= 4 is 28.8 Å². The summed E-state index contributed by atoms with van der Waals surface area (Å²) >= 11 is 1.46. The van der Waals surface area contributed by atoms with Crippen LogP contribution in [0.15, 0.2) is 112 Å². The van der Waals surface area contributed by atoms with Gasteiger partial charge < -0.3 is 19.3 Å². The van der Waals surface area contributed by atoms with E-state index in [1.54, 1.807) is 7.11 Å². The predicted octanol–water partition coefficient (Wildman–Crippen LogP) is 6.10. The average molecular weight is 568 g/mol. The van der Waals surface area contributed by atoms with Crippen LogP contribution < -0.4 is 4.74 Å². The molecule has 0 N–H and O–H groups in total. The molecule has 0 saturated heterocycles. The second-order valence-electron chi connectivity index (χ2n) is 9.84. The molecule has 0 fully saturated rings. The molecular weight excluding hydrogens is 534 g/mol. The Morgan fingerprint density at radius 1 is 0.927 bits per heavy atom. The number of esters is 1. The highest BCUT2D eigenvalue weighted by molar-refractivity contribution is 8.16. The van der Waals surface area contributed by atoms with Gasteiger partial charge in [0.1, 0.15) is 5.75 Å². The molecule has 1 unspecified atom stereocenters. The number of amidine groups is 1. The van der Waals surface area contributed by atoms with Crippen molar-refractivity contribution in [2.45, 2.75) is 32.4 Å². The first kappa shape index (κ1) is 28.2. The average Bonchev–Trinajstić information content (AvgIpc) is 3.40. The van der Waals surface area contributed by atoms with Gasteiger partial charge in [0.05, 0.1) is 38.0 Å². The first-order valence-electron chi connectivity index (χ1n) is 13.5. The number of allylic oxidation sites excluding steroid dienone is 1. The number of thioether (sulfide) groups is 1. The third kappa shape index (κ3) is 6.23. The Morgan fingerprint density at radius 2 is 1.59 bits per heavy atom. The SMILES string of the molecule is COC(=O)C1=C(C)N=C2SC=C(CC(=O)N(CCc3ccccc3)Cc3ccccc3)N2C1c1ccccc1OC. The maximum absolute atomic E-state index is 14.0. The molecule has 1 atom stereocenters. The summed E-state index contributed by atoms with van der Waals surface area (Å²) < 4.78 is 10.9. The zero-order valence-electron chi connectivity index (χ0n) is 23.4. The van der Waals surface area contributed by atoms with Crippen LogP contribution in [-0.2, 0) is 27.3 Å². The number of rotatable bonds is 10. The maximum Gasteiger partial charge on any atom is 0.338 e. The Bertz CT molecular complexity index is 1500. The number of fused-ring (bicyclic) bond motifs is 1. The van der Waals surface area contributed by atoms with E-state index >= 15 is 0 Å². The van der Waals surface area contributed by atoms with Gasteiger partial charge in [-0.25, -0.2) is 9.79 Å². The van der Waals surface area contributed by atoms with Crippen LogP contribution in [0.2, 0.25) is 0 Å². The van der Waals surface area contributed by atoms with Crippen molar-refractivity contribution in [2.24, 2.45) is 4.99 Å². The van der Waals surface area contributed by atoms with Gasteiger partial charge in [0.15, 0.2) is 5.17 Å². The molecule has 0 aromatic heterocycles. The number of nitrogens with zero attached hydrogens (tertiary/aromatic N) is 3. The van der Waals surface area contributed by atoms with Gasteiger partial charge in [-0.05, 0) is 35.9 Å². The highest BCUT2D eigenvalue weighted by Gasteiger charge is 2.42. The first-order chi connectivity index (χ1) is 20.0. The third-order valence-electron chi connectivity index (χ3n) is 7.25. The minimum Gasteiger partial charge on any atom is -0.496 e. The Labute approximate surface area is 245 Å². The second-order valence-corrected chi connectivity index (χ2v) is 10.7. The molecule has 0 radical (unpaired) electrons. The van der Waals surface area contributed by atoms with Gasteiger partial charge in [-0.1, -0.05) is 90.6 Å². The predicted molar refractivity (Wildman–Crippen MR) is 162 cm³/mol. The van der Waals surface area contributed by atoms with Crippen molar-refractivity contribution in [3.8, 4) is 5.75 Å². The van der Waals surface area contributed by atoms with Crippen LogP contribution in [0.25, 0.3) is 0 Å². The molecule has 3 aromatic carbocycles. The lowest BCUT2D eigenvalue weighted by atomic mass is 9.93. The van der Waals surface area contributed by atoms with Crippen molar-refractivity contribution in [2.75, 3.05) is 20.8 Å². The summed E-state index contributed by atoms with van der Waals surface area (Å²) in [6, 6.07) is 27.3. The molecule has 0 bridgehead atoms. The first-order valence-corrected chi connectivity index (χ1v) is 14.4. The topological polar surface area (TPSA) is 71.4 Å². The molecule has 2 aliphatic rings.